The van der Waals surface area contributed by atoms with Gasteiger partial charge in [0, 0.05) is 19.2 Å². The van der Waals surface area contributed by atoms with Gasteiger partial charge >= 0.3 is 0 Å². The smallest absolute Gasteiger partial charge is 0.187 e. The van der Waals surface area contributed by atoms with Gasteiger partial charge in [0.1, 0.15) is 0 Å². The van der Waals surface area contributed by atoms with Gasteiger partial charge in [-0.2, -0.15) is 8.75 Å². The van der Waals surface area contributed by atoms with Gasteiger partial charge in [-0.25, -0.2) is 0 Å². The molecule has 0 radical (unpaired) electrons. The van der Waals surface area contributed by atoms with Crippen molar-refractivity contribution >= 4 is 29.1 Å². The van der Waals surface area contributed by atoms with Crippen molar-refractivity contribution < 1.29 is 5.11 Å². The second-order valence-corrected chi connectivity index (χ2v) is 4.62. The van der Waals surface area contributed by atoms with Gasteiger partial charge in [0.2, 0.25) is 0 Å². The van der Waals surface area contributed by atoms with Crippen LogP contribution < -0.4 is 4.90 Å². The van der Waals surface area contributed by atoms with E-state index >= 15 is 0 Å². The van der Waals surface area contributed by atoms with E-state index in [9.17, 15) is 0 Å². The lowest BCUT2D eigenvalue weighted by Gasteiger charge is -2.24. The molecule has 1 saturated heterocycles. The summed E-state index contributed by atoms with van der Waals surface area (Å²) in [6.07, 6.45) is 4.18. The Morgan fingerprint density at radius 1 is 1.53 bits per heavy atom. The van der Waals surface area contributed by atoms with Crippen LogP contribution in [-0.2, 0) is 0 Å². The normalized spacial score (nSPS) is 21.2. The fourth-order valence-corrected chi connectivity index (χ4v) is 2.84. The molecule has 1 fully saturated rings. The Morgan fingerprint density at radius 2 is 2.40 bits per heavy atom. The molecule has 0 aromatic carbocycles. The maximum atomic E-state index is 8.83. The monoisotopic (exact) mass is 247 g/mol. The predicted molar refractivity (Wildman–Crippen MR) is 61.6 cm³/mol. The van der Waals surface area contributed by atoms with Crippen LogP contribution in [0.5, 0.6) is 0 Å². The Hall–Kier alpha value is -0.390. The van der Waals surface area contributed by atoms with Crippen LogP contribution in [-0.4, -0.2) is 33.0 Å². The number of nitrogens with zero attached hydrogens (tertiary/aromatic N) is 3. The standard InChI is InChI=1S/C9H14ClN3OS/c10-8-9(12-15-11-8)13-5-1-3-7(13)4-2-6-14/h7,14H,1-6H2. The molecule has 6 heteroatoms. The molecule has 1 unspecified atom stereocenters. The third-order valence-corrected chi connectivity index (χ3v) is 3.65. The fraction of sp³-hybridized carbons (Fsp3) is 0.778. The molecule has 84 valence electrons. The summed E-state index contributed by atoms with van der Waals surface area (Å²) >= 11 is 7.12. The van der Waals surface area contributed by atoms with Crippen molar-refractivity contribution in [1.29, 1.82) is 0 Å². The van der Waals surface area contributed by atoms with Crippen molar-refractivity contribution in [3.05, 3.63) is 5.15 Å². The van der Waals surface area contributed by atoms with Crippen molar-refractivity contribution in [2.45, 2.75) is 31.7 Å². The lowest BCUT2D eigenvalue weighted by molar-refractivity contribution is 0.279. The van der Waals surface area contributed by atoms with E-state index in [1.54, 1.807) is 0 Å². The van der Waals surface area contributed by atoms with Gasteiger partial charge < -0.3 is 10.0 Å². The maximum Gasteiger partial charge on any atom is 0.187 e. The van der Waals surface area contributed by atoms with E-state index in [1.165, 1.54) is 6.42 Å². The quantitative estimate of drug-likeness (QED) is 0.884. The molecule has 4 nitrogen and oxygen atoms in total. The second-order valence-electron chi connectivity index (χ2n) is 3.73. The van der Waals surface area contributed by atoms with Gasteiger partial charge in [-0.05, 0) is 25.7 Å². The van der Waals surface area contributed by atoms with Gasteiger partial charge in [0.25, 0.3) is 0 Å². The number of aliphatic hydroxyl groups is 1. The minimum Gasteiger partial charge on any atom is -0.396 e. The van der Waals surface area contributed by atoms with E-state index in [0.717, 1.165) is 43.4 Å². The zero-order chi connectivity index (χ0) is 10.7. The minimum atomic E-state index is 0.257. The SMILES string of the molecule is OCCCC1CCCN1c1nsnc1Cl. The highest BCUT2D eigenvalue weighted by Gasteiger charge is 2.27. The molecule has 15 heavy (non-hydrogen) atoms. The molecule has 0 saturated carbocycles. The molecule has 1 aromatic heterocycles. The Bertz CT molecular complexity index is 320. The van der Waals surface area contributed by atoms with Crippen LogP contribution in [0.1, 0.15) is 25.7 Å². The highest BCUT2D eigenvalue weighted by molar-refractivity contribution is 6.99. The van der Waals surface area contributed by atoms with Crippen LogP contribution in [0, 0.1) is 0 Å². The fourth-order valence-electron chi connectivity index (χ4n) is 2.09. The molecule has 0 amide bonds. The lowest BCUT2D eigenvalue weighted by atomic mass is 10.1. The predicted octanol–water partition coefficient (Wildman–Crippen LogP) is 1.93. The van der Waals surface area contributed by atoms with E-state index in [-0.39, 0.29) is 6.61 Å². The molecule has 1 aromatic rings. The number of hydrogen-bond donors (Lipinski definition) is 1. The Morgan fingerprint density at radius 3 is 3.07 bits per heavy atom. The number of rotatable bonds is 4. The number of halogens is 1. The highest BCUT2D eigenvalue weighted by atomic mass is 35.5. The first-order chi connectivity index (χ1) is 7.33. The zero-order valence-corrected chi connectivity index (χ0v) is 9.97. The van der Waals surface area contributed by atoms with Gasteiger partial charge in [0.15, 0.2) is 11.0 Å². The Labute approximate surface area is 98.2 Å². The first-order valence-electron chi connectivity index (χ1n) is 5.18. The lowest BCUT2D eigenvalue weighted by Crippen LogP contribution is -2.29. The number of aromatic nitrogens is 2. The van der Waals surface area contributed by atoms with Crippen LogP contribution in [0.25, 0.3) is 0 Å². The molecule has 2 rings (SSSR count). The van der Waals surface area contributed by atoms with Gasteiger partial charge in [-0.1, -0.05) is 11.6 Å². The van der Waals surface area contributed by atoms with Crippen LogP contribution >= 0.6 is 23.3 Å². The van der Waals surface area contributed by atoms with E-state index in [4.69, 9.17) is 16.7 Å². The molecule has 0 aliphatic carbocycles. The van der Waals surface area contributed by atoms with Crippen molar-refractivity contribution in [2.24, 2.45) is 0 Å². The van der Waals surface area contributed by atoms with Gasteiger partial charge in [-0.3, -0.25) is 0 Å². The first kappa shape index (κ1) is 11.1. The summed E-state index contributed by atoms with van der Waals surface area (Å²) < 4.78 is 8.20. The molecule has 1 aliphatic rings. The summed E-state index contributed by atoms with van der Waals surface area (Å²) in [5.41, 5.74) is 0. The number of anilines is 1. The van der Waals surface area contributed by atoms with E-state index in [1.807, 2.05) is 0 Å². The molecule has 0 spiro atoms. The molecular formula is C9H14ClN3OS. The third-order valence-electron chi connectivity index (χ3n) is 2.78. The number of aliphatic hydroxyl groups excluding tert-OH is 1. The summed E-state index contributed by atoms with van der Waals surface area (Å²) in [7, 11) is 0. The van der Waals surface area contributed by atoms with Gasteiger partial charge in [-0.15, -0.1) is 0 Å². The summed E-state index contributed by atoms with van der Waals surface area (Å²) in [5, 5.41) is 9.34. The van der Waals surface area contributed by atoms with Crippen molar-refractivity contribution in [2.75, 3.05) is 18.1 Å². The van der Waals surface area contributed by atoms with Crippen LogP contribution in [0.2, 0.25) is 5.15 Å². The van der Waals surface area contributed by atoms with E-state index in [0.29, 0.717) is 11.2 Å². The molecular weight excluding hydrogens is 234 g/mol. The van der Waals surface area contributed by atoms with Crippen molar-refractivity contribution in [1.82, 2.24) is 8.75 Å². The van der Waals surface area contributed by atoms with Crippen molar-refractivity contribution in [3.63, 3.8) is 0 Å². The van der Waals surface area contributed by atoms with Gasteiger partial charge in [0.05, 0.1) is 11.7 Å². The minimum absolute atomic E-state index is 0.257. The maximum absolute atomic E-state index is 8.83. The second kappa shape index (κ2) is 5.09. The number of hydrogen-bond acceptors (Lipinski definition) is 5. The van der Waals surface area contributed by atoms with Crippen LogP contribution in [0.15, 0.2) is 0 Å². The molecule has 1 aliphatic heterocycles. The van der Waals surface area contributed by atoms with Crippen LogP contribution in [0.4, 0.5) is 5.82 Å². The third kappa shape index (κ3) is 2.41. The largest absolute Gasteiger partial charge is 0.396 e. The molecule has 0 bridgehead atoms. The highest BCUT2D eigenvalue weighted by Crippen LogP contribution is 2.31. The van der Waals surface area contributed by atoms with Crippen molar-refractivity contribution in [3.8, 4) is 0 Å². The summed E-state index contributed by atoms with van der Waals surface area (Å²) in [4.78, 5) is 2.22. The van der Waals surface area contributed by atoms with E-state index < -0.39 is 0 Å². The Balaban J connectivity index is 2.04. The molecule has 1 N–H and O–H groups in total. The first-order valence-corrected chi connectivity index (χ1v) is 6.29. The molecule has 2 heterocycles. The molecule has 1 atom stereocenters. The zero-order valence-electron chi connectivity index (χ0n) is 8.40. The topological polar surface area (TPSA) is 49.2 Å². The average molecular weight is 248 g/mol. The average Bonchev–Trinajstić information content (AvgIpc) is 2.82. The van der Waals surface area contributed by atoms with E-state index in [2.05, 4.69) is 13.6 Å². The Kier molecular flexibility index (Phi) is 3.77. The summed E-state index contributed by atoms with van der Waals surface area (Å²) in [6, 6.07) is 0.471. The summed E-state index contributed by atoms with van der Waals surface area (Å²) in [5.74, 6) is 0.821. The summed E-state index contributed by atoms with van der Waals surface area (Å²) in [6.45, 7) is 1.26. The van der Waals surface area contributed by atoms with Crippen LogP contribution in [0.3, 0.4) is 0 Å².